The highest BCUT2D eigenvalue weighted by Gasteiger charge is 2.26. The SMILES string of the molecule is O=C(NC1CCN(C(=O)c2ccco2)CC1)c1ccc(COc2ccccc2)cc1. The molecule has 0 aliphatic carbocycles. The number of para-hydroxylation sites is 1. The number of ether oxygens (including phenoxy) is 1. The number of hydrogen-bond donors (Lipinski definition) is 1. The van der Waals surface area contributed by atoms with Gasteiger partial charge in [0.2, 0.25) is 0 Å². The number of benzene rings is 2. The van der Waals surface area contributed by atoms with Crippen molar-refractivity contribution in [2.75, 3.05) is 13.1 Å². The second kappa shape index (κ2) is 9.31. The number of likely N-dealkylation sites (tertiary alicyclic amines) is 1. The molecule has 1 saturated heterocycles. The Hall–Kier alpha value is -3.54. The van der Waals surface area contributed by atoms with E-state index in [1.54, 1.807) is 17.0 Å². The lowest BCUT2D eigenvalue weighted by molar-refractivity contribution is 0.0667. The molecular formula is C24H24N2O4. The Morgan fingerprint density at radius 1 is 0.967 bits per heavy atom. The number of piperidine rings is 1. The summed E-state index contributed by atoms with van der Waals surface area (Å²) in [4.78, 5) is 26.7. The van der Waals surface area contributed by atoms with E-state index in [1.165, 1.54) is 6.26 Å². The molecule has 154 valence electrons. The first-order valence-corrected chi connectivity index (χ1v) is 10.1. The predicted octanol–water partition coefficient (Wildman–Crippen LogP) is 3.89. The van der Waals surface area contributed by atoms with Crippen LogP contribution in [-0.2, 0) is 6.61 Å². The van der Waals surface area contributed by atoms with Gasteiger partial charge in [0.1, 0.15) is 12.4 Å². The van der Waals surface area contributed by atoms with Crippen LogP contribution in [0.1, 0.15) is 39.3 Å². The third-order valence-corrected chi connectivity index (χ3v) is 5.21. The molecule has 0 unspecified atom stereocenters. The number of nitrogens with zero attached hydrogens (tertiary/aromatic N) is 1. The molecule has 30 heavy (non-hydrogen) atoms. The van der Waals surface area contributed by atoms with Crippen LogP contribution in [0.3, 0.4) is 0 Å². The van der Waals surface area contributed by atoms with Crippen LogP contribution < -0.4 is 10.1 Å². The summed E-state index contributed by atoms with van der Waals surface area (Å²) in [6, 6.07) is 20.5. The molecule has 1 aliphatic heterocycles. The Bertz CT molecular complexity index is 960. The molecular weight excluding hydrogens is 380 g/mol. The summed E-state index contributed by atoms with van der Waals surface area (Å²) < 4.78 is 10.9. The molecule has 0 atom stereocenters. The minimum atomic E-state index is -0.0990. The molecule has 0 bridgehead atoms. The van der Waals surface area contributed by atoms with E-state index in [1.807, 2.05) is 54.6 Å². The van der Waals surface area contributed by atoms with Crippen molar-refractivity contribution in [3.05, 3.63) is 89.9 Å². The summed E-state index contributed by atoms with van der Waals surface area (Å²) >= 11 is 0. The molecule has 6 heteroatoms. The molecule has 1 N–H and O–H groups in total. The average Bonchev–Trinajstić information content (AvgIpc) is 3.34. The van der Waals surface area contributed by atoms with Gasteiger partial charge in [-0.15, -0.1) is 0 Å². The zero-order valence-electron chi connectivity index (χ0n) is 16.6. The van der Waals surface area contributed by atoms with Gasteiger partial charge in [-0.05, 0) is 54.8 Å². The number of carbonyl (C=O) groups excluding carboxylic acids is 2. The predicted molar refractivity (Wildman–Crippen MR) is 112 cm³/mol. The second-order valence-electron chi connectivity index (χ2n) is 7.32. The van der Waals surface area contributed by atoms with Gasteiger partial charge in [0, 0.05) is 24.7 Å². The van der Waals surface area contributed by atoms with Crippen molar-refractivity contribution >= 4 is 11.8 Å². The Balaban J connectivity index is 1.24. The van der Waals surface area contributed by atoms with Gasteiger partial charge in [-0.25, -0.2) is 0 Å². The molecule has 0 radical (unpaired) electrons. The van der Waals surface area contributed by atoms with Crippen LogP contribution in [0, 0.1) is 0 Å². The minimum Gasteiger partial charge on any atom is -0.489 e. The molecule has 4 rings (SSSR count). The fourth-order valence-electron chi connectivity index (χ4n) is 3.49. The van der Waals surface area contributed by atoms with Crippen molar-refractivity contribution in [1.82, 2.24) is 10.2 Å². The third kappa shape index (κ3) is 4.89. The molecule has 3 aromatic rings. The molecule has 2 amide bonds. The lowest BCUT2D eigenvalue weighted by Crippen LogP contribution is -2.46. The van der Waals surface area contributed by atoms with Gasteiger partial charge in [0.15, 0.2) is 5.76 Å². The summed E-state index contributed by atoms with van der Waals surface area (Å²) in [7, 11) is 0. The zero-order chi connectivity index (χ0) is 20.8. The van der Waals surface area contributed by atoms with Crippen molar-refractivity contribution in [3.63, 3.8) is 0 Å². The van der Waals surface area contributed by atoms with E-state index >= 15 is 0 Å². The fraction of sp³-hybridized carbons (Fsp3) is 0.250. The van der Waals surface area contributed by atoms with E-state index in [4.69, 9.17) is 9.15 Å². The molecule has 0 saturated carbocycles. The number of furan rings is 1. The Morgan fingerprint density at radius 2 is 1.70 bits per heavy atom. The van der Waals surface area contributed by atoms with Crippen LogP contribution in [0.2, 0.25) is 0 Å². The van der Waals surface area contributed by atoms with Crippen LogP contribution in [-0.4, -0.2) is 35.8 Å². The average molecular weight is 404 g/mol. The van der Waals surface area contributed by atoms with E-state index in [-0.39, 0.29) is 17.9 Å². The van der Waals surface area contributed by atoms with Crippen molar-refractivity contribution in [2.45, 2.75) is 25.5 Å². The van der Waals surface area contributed by atoms with Gasteiger partial charge in [-0.3, -0.25) is 9.59 Å². The number of rotatable bonds is 6. The Labute approximate surface area is 175 Å². The standard InChI is InChI=1S/C24H24N2O4/c27-23(19-10-8-18(9-11-19)17-30-21-5-2-1-3-6-21)25-20-12-14-26(15-13-20)24(28)22-7-4-16-29-22/h1-11,16,20H,12-15,17H2,(H,25,27). The van der Waals surface area contributed by atoms with Crippen molar-refractivity contribution in [1.29, 1.82) is 0 Å². The van der Waals surface area contributed by atoms with E-state index < -0.39 is 0 Å². The number of nitrogens with one attached hydrogen (secondary N) is 1. The normalized spacial score (nSPS) is 14.3. The zero-order valence-corrected chi connectivity index (χ0v) is 16.6. The van der Waals surface area contributed by atoms with Gasteiger partial charge < -0.3 is 19.4 Å². The first-order valence-electron chi connectivity index (χ1n) is 10.1. The Kier molecular flexibility index (Phi) is 6.13. The second-order valence-corrected chi connectivity index (χ2v) is 7.32. The van der Waals surface area contributed by atoms with Gasteiger partial charge in [-0.2, -0.15) is 0 Å². The molecule has 0 spiro atoms. The molecule has 1 aromatic heterocycles. The van der Waals surface area contributed by atoms with Gasteiger partial charge in [-0.1, -0.05) is 30.3 Å². The van der Waals surface area contributed by atoms with Gasteiger partial charge in [0.05, 0.1) is 6.26 Å². The Morgan fingerprint density at radius 3 is 2.37 bits per heavy atom. The first-order chi connectivity index (χ1) is 14.7. The van der Waals surface area contributed by atoms with Crippen LogP contribution in [0.5, 0.6) is 5.75 Å². The van der Waals surface area contributed by atoms with Gasteiger partial charge >= 0.3 is 0 Å². The number of carbonyl (C=O) groups is 2. The van der Waals surface area contributed by atoms with E-state index in [0.717, 1.165) is 24.2 Å². The highest BCUT2D eigenvalue weighted by atomic mass is 16.5. The highest BCUT2D eigenvalue weighted by molar-refractivity contribution is 5.94. The van der Waals surface area contributed by atoms with E-state index in [0.29, 0.717) is 31.0 Å². The minimum absolute atomic E-state index is 0.0549. The maximum atomic E-state index is 12.6. The van der Waals surface area contributed by atoms with Crippen LogP contribution in [0.25, 0.3) is 0 Å². The lowest BCUT2D eigenvalue weighted by atomic mass is 10.0. The van der Waals surface area contributed by atoms with Crippen molar-refractivity contribution in [3.8, 4) is 5.75 Å². The largest absolute Gasteiger partial charge is 0.489 e. The topological polar surface area (TPSA) is 71.8 Å². The summed E-state index contributed by atoms with van der Waals surface area (Å²) in [5.74, 6) is 0.976. The van der Waals surface area contributed by atoms with E-state index in [9.17, 15) is 9.59 Å². The summed E-state index contributed by atoms with van der Waals surface area (Å²) in [6.45, 7) is 1.65. The number of hydrogen-bond acceptors (Lipinski definition) is 4. The van der Waals surface area contributed by atoms with Crippen LogP contribution >= 0.6 is 0 Å². The van der Waals surface area contributed by atoms with Crippen molar-refractivity contribution < 1.29 is 18.7 Å². The summed E-state index contributed by atoms with van der Waals surface area (Å²) in [5, 5.41) is 3.08. The van der Waals surface area contributed by atoms with E-state index in [2.05, 4.69) is 5.32 Å². The maximum absolute atomic E-state index is 12.6. The summed E-state index contributed by atoms with van der Waals surface area (Å²) in [5.41, 5.74) is 1.62. The van der Waals surface area contributed by atoms with Crippen LogP contribution in [0.4, 0.5) is 0 Å². The maximum Gasteiger partial charge on any atom is 0.289 e. The lowest BCUT2D eigenvalue weighted by Gasteiger charge is -2.31. The molecule has 1 aliphatic rings. The van der Waals surface area contributed by atoms with Crippen LogP contribution in [0.15, 0.2) is 77.4 Å². The molecule has 2 heterocycles. The molecule has 6 nitrogen and oxygen atoms in total. The van der Waals surface area contributed by atoms with Crippen molar-refractivity contribution in [2.24, 2.45) is 0 Å². The quantitative estimate of drug-likeness (QED) is 0.677. The third-order valence-electron chi connectivity index (χ3n) is 5.21. The smallest absolute Gasteiger partial charge is 0.289 e. The highest BCUT2D eigenvalue weighted by Crippen LogP contribution is 2.16. The van der Waals surface area contributed by atoms with Gasteiger partial charge in [0.25, 0.3) is 11.8 Å². The summed E-state index contributed by atoms with van der Waals surface area (Å²) in [6.07, 6.45) is 2.95. The monoisotopic (exact) mass is 404 g/mol. The molecule has 1 fully saturated rings. The fourth-order valence-corrected chi connectivity index (χ4v) is 3.49. The first kappa shape index (κ1) is 19.8. The molecule has 2 aromatic carbocycles. The number of amides is 2.